The maximum Gasteiger partial charge on any atom is 0.159 e. The van der Waals surface area contributed by atoms with Crippen LogP contribution in [0.3, 0.4) is 0 Å². The van der Waals surface area contributed by atoms with Crippen molar-refractivity contribution in [1.29, 1.82) is 0 Å². The van der Waals surface area contributed by atoms with E-state index < -0.39 is 11.6 Å². The minimum absolute atomic E-state index is 0.0125. The summed E-state index contributed by atoms with van der Waals surface area (Å²) in [4.78, 5) is 0. The SMILES string of the molecule is OCC1(CNCc2ccc(F)c(F)c2)CCC1. The number of hydrogen-bond acceptors (Lipinski definition) is 2. The van der Waals surface area contributed by atoms with Gasteiger partial charge in [-0.1, -0.05) is 12.5 Å². The van der Waals surface area contributed by atoms with E-state index in [2.05, 4.69) is 5.32 Å². The van der Waals surface area contributed by atoms with Gasteiger partial charge in [0.25, 0.3) is 0 Å². The van der Waals surface area contributed by atoms with E-state index in [0.29, 0.717) is 6.54 Å². The number of halogens is 2. The Morgan fingerprint density at radius 3 is 2.53 bits per heavy atom. The van der Waals surface area contributed by atoms with Gasteiger partial charge in [0.05, 0.1) is 0 Å². The third-order valence-corrected chi connectivity index (χ3v) is 3.56. The predicted molar refractivity (Wildman–Crippen MR) is 61.4 cm³/mol. The minimum Gasteiger partial charge on any atom is -0.396 e. The summed E-state index contributed by atoms with van der Waals surface area (Å²) in [6.45, 7) is 1.42. The molecular weight excluding hydrogens is 224 g/mol. The predicted octanol–water partition coefficient (Wildman–Crippen LogP) is 2.22. The normalized spacial score (nSPS) is 17.8. The molecule has 0 spiro atoms. The molecule has 0 amide bonds. The Morgan fingerprint density at radius 1 is 1.24 bits per heavy atom. The van der Waals surface area contributed by atoms with Crippen LogP contribution in [-0.4, -0.2) is 18.3 Å². The first-order valence-corrected chi connectivity index (χ1v) is 5.91. The fourth-order valence-electron chi connectivity index (χ4n) is 2.19. The van der Waals surface area contributed by atoms with Gasteiger partial charge in [0.1, 0.15) is 0 Å². The lowest BCUT2D eigenvalue weighted by atomic mass is 9.69. The van der Waals surface area contributed by atoms with Crippen molar-refractivity contribution in [2.45, 2.75) is 25.8 Å². The summed E-state index contributed by atoms with van der Waals surface area (Å²) in [6, 6.07) is 3.91. The lowest BCUT2D eigenvalue weighted by Gasteiger charge is -2.40. The van der Waals surface area contributed by atoms with Crippen molar-refractivity contribution in [2.75, 3.05) is 13.2 Å². The Kier molecular flexibility index (Phi) is 3.74. The number of rotatable bonds is 5. The molecule has 0 saturated heterocycles. The molecule has 2 nitrogen and oxygen atoms in total. The Bertz CT molecular complexity index is 385. The van der Waals surface area contributed by atoms with Gasteiger partial charge in [-0.05, 0) is 30.5 Å². The van der Waals surface area contributed by atoms with Crippen molar-refractivity contribution in [3.8, 4) is 0 Å². The van der Waals surface area contributed by atoms with E-state index in [0.717, 1.165) is 37.4 Å². The molecule has 0 aromatic heterocycles. The van der Waals surface area contributed by atoms with Crippen LogP contribution < -0.4 is 5.32 Å². The van der Waals surface area contributed by atoms with Crippen LogP contribution >= 0.6 is 0 Å². The van der Waals surface area contributed by atoms with Crippen molar-refractivity contribution in [3.05, 3.63) is 35.4 Å². The summed E-state index contributed by atoms with van der Waals surface area (Å²) in [6.07, 6.45) is 3.23. The maximum absolute atomic E-state index is 12.9. The molecule has 0 heterocycles. The highest BCUT2D eigenvalue weighted by molar-refractivity contribution is 5.17. The van der Waals surface area contributed by atoms with Crippen molar-refractivity contribution >= 4 is 0 Å². The molecule has 0 aliphatic heterocycles. The van der Waals surface area contributed by atoms with Crippen LogP contribution in [-0.2, 0) is 6.54 Å². The zero-order valence-electron chi connectivity index (χ0n) is 9.68. The zero-order valence-corrected chi connectivity index (χ0v) is 9.68. The first-order chi connectivity index (χ1) is 8.15. The Balaban J connectivity index is 1.83. The van der Waals surface area contributed by atoms with E-state index in [-0.39, 0.29) is 12.0 Å². The molecule has 0 atom stereocenters. The number of hydrogen-bond donors (Lipinski definition) is 2. The third kappa shape index (κ3) is 2.82. The molecule has 4 heteroatoms. The van der Waals surface area contributed by atoms with Crippen molar-refractivity contribution < 1.29 is 13.9 Å². The second-order valence-electron chi connectivity index (χ2n) is 4.86. The van der Waals surface area contributed by atoms with Gasteiger partial charge in [0, 0.05) is 25.1 Å². The molecule has 0 bridgehead atoms. The van der Waals surface area contributed by atoms with Crippen molar-refractivity contribution in [2.24, 2.45) is 5.41 Å². The smallest absolute Gasteiger partial charge is 0.159 e. The summed E-state index contributed by atoms with van der Waals surface area (Å²) in [5, 5.41) is 12.5. The van der Waals surface area contributed by atoms with Crippen molar-refractivity contribution in [1.82, 2.24) is 5.32 Å². The molecule has 1 fully saturated rings. The average molecular weight is 241 g/mol. The van der Waals surface area contributed by atoms with Crippen LogP contribution in [0.2, 0.25) is 0 Å². The van der Waals surface area contributed by atoms with E-state index >= 15 is 0 Å². The molecule has 1 aromatic rings. The Hall–Kier alpha value is -1.00. The molecular formula is C13H17F2NO. The lowest BCUT2D eigenvalue weighted by molar-refractivity contribution is 0.0445. The van der Waals surface area contributed by atoms with E-state index in [9.17, 15) is 13.9 Å². The molecule has 1 saturated carbocycles. The number of aliphatic hydroxyl groups is 1. The molecule has 94 valence electrons. The Morgan fingerprint density at radius 2 is 2.00 bits per heavy atom. The van der Waals surface area contributed by atoms with Gasteiger partial charge in [0.15, 0.2) is 11.6 Å². The highest BCUT2D eigenvalue weighted by Gasteiger charge is 2.35. The average Bonchev–Trinajstić information content (AvgIpc) is 2.27. The van der Waals surface area contributed by atoms with Gasteiger partial charge < -0.3 is 10.4 Å². The quantitative estimate of drug-likeness (QED) is 0.828. The number of nitrogens with one attached hydrogen (secondary N) is 1. The van der Waals surface area contributed by atoms with Crippen LogP contribution in [0.4, 0.5) is 8.78 Å². The highest BCUT2D eigenvalue weighted by atomic mass is 19.2. The maximum atomic E-state index is 12.9. The summed E-state index contributed by atoms with van der Waals surface area (Å²) in [5.41, 5.74) is 0.731. The summed E-state index contributed by atoms with van der Waals surface area (Å²) >= 11 is 0. The molecule has 2 rings (SSSR count). The van der Waals surface area contributed by atoms with Crippen LogP contribution in [0, 0.1) is 17.0 Å². The zero-order chi connectivity index (χ0) is 12.3. The first kappa shape index (κ1) is 12.5. The monoisotopic (exact) mass is 241 g/mol. The van der Waals surface area contributed by atoms with E-state index in [1.165, 1.54) is 6.07 Å². The second kappa shape index (κ2) is 5.10. The fraction of sp³-hybridized carbons (Fsp3) is 0.538. The molecule has 1 aliphatic rings. The van der Waals surface area contributed by atoms with Gasteiger partial charge in [-0.25, -0.2) is 8.78 Å². The highest BCUT2D eigenvalue weighted by Crippen LogP contribution is 2.39. The van der Waals surface area contributed by atoms with Crippen LogP contribution in [0.1, 0.15) is 24.8 Å². The Labute approximate surface area is 99.7 Å². The largest absolute Gasteiger partial charge is 0.396 e. The van der Waals surface area contributed by atoms with Gasteiger partial charge in [0.2, 0.25) is 0 Å². The minimum atomic E-state index is -0.820. The van der Waals surface area contributed by atoms with E-state index in [1.54, 1.807) is 6.07 Å². The van der Waals surface area contributed by atoms with Crippen LogP contribution in [0.25, 0.3) is 0 Å². The van der Waals surface area contributed by atoms with Gasteiger partial charge in [-0.2, -0.15) is 0 Å². The number of aliphatic hydroxyl groups excluding tert-OH is 1. The standard InChI is InChI=1S/C13H17F2NO/c14-11-3-2-10(6-12(11)15)7-16-8-13(9-17)4-1-5-13/h2-3,6,16-17H,1,4-5,7-9H2. The molecule has 0 radical (unpaired) electrons. The third-order valence-electron chi connectivity index (χ3n) is 3.56. The summed E-state index contributed by atoms with van der Waals surface area (Å²) in [7, 11) is 0. The molecule has 1 aliphatic carbocycles. The van der Waals surface area contributed by atoms with E-state index in [4.69, 9.17) is 0 Å². The molecule has 17 heavy (non-hydrogen) atoms. The second-order valence-corrected chi connectivity index (χ2v) is 4.86. The van der Waals surface area contributed by atoms with Crippen LogP contribution in [0.15, 0.2) is 18.2 Å². The van der Waals surface area contributed by atoms with Gasteiger partial charge in [-0.3, -0.25) is 0 Å². The summed E-state index contributed by atoms with van der Waals surface area (Å²) < 4.78 is 25.6. The van der Waals surface area contributed by atoms with Crippen molar-refractivity contribution in [3.63, 3.8) is 0 Å². The van der Waals surface area contributed by atoms with E-state index in [1.807, 2.05) is 0 Å². The fourth-order valence-corrected chi connectivity index (χ4v) is 2.19. The topological polar surface area (TPSA) is 32.3 Å². The number of benzene rings is 1. The molecule has 0 unspecified atom stereocenters. The lowest BCUT2D eigenvalue weighted by Crippen LogP contribution is -2.42. The first-order valence-electron chi connectivity index (χ1n) is 5.91. The van der Waals surface area contributed by atoms with Gasteiger partial charge in [-0.15, -0.1) is 0 Å². The molecule has 1 aromatic carbocycles. The summed E-state index contributed by atoms with van der Waals surface area (Å²) in [5.74, 6) is -1.63. The molecule has 2 N–H and O–H groups in total. The van der Waals surface area contributed by atoms with Gasteiger partial charge >= 0.3 is 0 Å². The van der Waals surface area contributed by atoms with Crippen LogP contribution in [0.5, 0.6) is 0 Å².